The van der Waals surface area contributed by atoms with Gasteiger partial charge in [0.05, 0.1) is 23.2 Å². The van der Waals surface area contributed by atoms with Crippen molar-refractivity contribution >= 4 is 28.5 Å². The van der Waals surface area contributed by atoms with E-state index in [0.29, 0.717) is 18.7 Å². The van der Waals surface area contributed by atoms with Gasteiger partial charge in [0.1, 0.15) is 24.5 Å². The molecule has 0 radical (unpaired) electrons. The summed E-state index contributed by atoms with van der Waals surface area (Å²) in [6.07, 6.45) is 0.524. The Balaban J connectivity index is 1.83. The zero-order chi connectivity index (χ0) is 20.9. The topological polar surface area (TPSA) is 123 Å². The minimum absolute atomic E-state index is 0.0308. The van der Waals surface area contributed by atoms with E-state index in [2.05, 4.69) is 10.1 Å². The van der Waals surface area contributed by atoms with Crippen molar-refractivity contribution in [2.24, 2.45) is 10.9 Å². The number of anilines is 1. The Morgan fingerprint density at radius 3 is 2.79 bits per heavy atom. The fourth-order valence-electron chi connectivity index (χ4n) is 3.60. The van der Waals surface area contributed by atoms with Gasteiger partial charge in [0.25, 0.3) is 0 Å². The second-order valence-corrected chi connectivity index (χ2v) is 7.14. The highest BCUT2D eigenvalue weighted by atomic mass is 19.1. The first-order chi connectivity index (χ1) is 13.8. The van der Waals surface area contributed by atoms with Crippen LogP contribution in [0.15, 0.2) is 22.2 Å². The number of rotatable bonds is 4. The van der Waals surface area contributed by atoms with Crippen molar-refractivity contribution < 1.29 is 23.5 Å². The number of carboxylic acids is 1. The number of nitrogens with two attached hydrogens (primary N) is 1. The van der Waals surface area contributed by atoms with E-state index in [4.69, 9.17) is 10.6 Å². The fraction of sp³-hybridized carbons (Fsp3) is 0.444. The second-order valence-electron chi connectivity index (χ2n) is 7.14. The molecule has 29 heavy (non-hydrogen) atoms. The number of carbonyl (C=O) groups is 1. The number of halogens is 2. The van der Waals surface area contributed by atoms with Crippen molar-refractivity contribution in [3.05, 3.63) is 33.9 Å². The normalized spacial score (nSPS) is 25.4. The van der Waals surface area contributed by atoms with Crippen molar-refractivity contribution in [2.45, 2.75) is 31.1 Å². The number of oxime groups is 1. The molecule has 1 unspecified atom stereocenters. The molecule has 1 aliphatic heterocycles. The molecule has 3 atom stereocenters. The number of alkyl halides is 1. The van der Waals surface area contributed by atoms with E-state index in [0.717, 1.165) is 12.3 Å². The minimum Gasteiger partial charge on any atom is -0.477 e. The third-order valence-electron chi connectivity index (χ3n) is 5.20. The Labute approximate surface area is 163 Å². The van der Waals surface area contributed by atoms with E-state index in [-0.39, 0.29) is 29.8 Å². The van der Waals surface area contributed by atoms with E-state index in [1.54, 1.807) is 4.90 Å². The van der Waals surface area contributed by atoms with Crippen molar-refractivity contribution in [1.82, 2.24) is 9.55 Å². The zero-order valence-electron chi connectivity index (χ0n) is 15.5. The summed E-state index contributed by atoms with van der Waals surface area (Å²) in [5.74, 6) is -2.27. The van der Waals surface area contributed by atoms with Gasteiger partial charge in [-0.1, -0.05) is 5.16 Å². The van der Waals surface area contributed by atoms with Crippen LogP contribution >= 0.6 is 0 Å². The molecule has 0 amide bonds. The first-order valence-electron chi connectivity index (χ1n) is 9.05. The van der Waals surface area contributed by atoms with Gasteiger partial charge in [0.15, 0.2) is 11.6 Å². The quantitative estimate of drug-likeness (QED) is 0.727. The van der Waals surface area contributed by atoms with Crippen LogP contribution in [0.2, 0.25) is 0 Å². The number of fused-ring (bicyclic) bond motifs is 1. The van der Waals surface area contributed by atoms with Crippen LogP contribution in [-0.4, -0.2) is 58.8 Å². The van der Waals surface area contributed by atoms with Gasteiger partial charge in [-0.25, -0.2) is 18.6 Å². The zero-order valence-corrected chi connectivity index (χ0v) is 15.5. The molecular weight excluding hydrogens is 388 g/mol. The summed E-state index contributed by atoms with van der Waals surface area (Å²) in [6.45, 7) is 0.599. The predicted octanol–water partition coefficient (Wildman–Crippen LogP) is 1.06. The van der Waals surface area contributed by atoms with Crippen molar-refractivity contribution in [2.75, 3.05) is 25.1 Å². The average Bonchev–Trinajstić information content (AvgIpc) is 3.40. The van der Waals surface area contributed by atoms with Gasteiger partial charge in [-0.05, 0) is 6.07 Å². The van der Waals surface area contributed by atoms with E-state index in [1.807, 2.05) is 0 Å². The van der Waals surface area contributed by atoms with Crippen molar-refractivity contribution in [1.29, 1.82) is 0 Å². The molecule has 2 aromatic rings. The number of hydrogen-bond acceptors (Lipinski definition) is 7. The number of aromatic nitrogens is 2. The van der Waals surface area contributed by atoms with Crippen molar-refractivity contribution in [3.63, 3.8) is 0 Å². The van der Waals surface area contributed by atoms with Crippen LogP contribution in [0.1, 0.15) is 29.2 Å². The smallest absolute Gasteiger partial charge is 0.341 e. The molecule has 2 fully saturated rings. The number of carboxylic acid groups (broad SMARTS) is 1. The van der Waals surface area contributed by atoms with Gasteiger partial charge >= 0.3 is 5.97 Å². The van der Waals surface area contributed by atoms with E-state index in [1.165, 1.54) is 11.7 Å². The highest BCUT2D eigenvalue weighted by molar-refractivity contribution is 5.93. The van der Waals surface area contributed by atoms with Gasteiger partial charge in [0.2, 0.25) is 5.43 Å². The summed E-state index contributed by atoms with van der Waals surface area (Å²) in [4.78, 5) is 34.6. The third kappa shape index (κ3) is 3.31. The number of pyridine rings is 2. The summed E-state index contributed by atoms with van der Waals surface area (Å²) < 4.78 is 29.9. The average molecular weight is 407 g/mol. The lowest BCUT2D eigenvalue weighted by molar-refractivity contribution is 0.0694. The SMILES string of the molecule is CO/N=C1/CCN(c2nc3c(cc2F)c(=O)c(C(=O)O)cn3[C@@H]2C[C@@H]2F)CC1N. The Kier molecular flexibility index (Phi) is 4.69. The minimum atomic E-state index is -1.46. The van der Waals surface area contributed by atoms with Gasteiger partial charge < -0.3 is 25.1 Å². The molecule has 0 spiro atoms. The van der Waals surface area contributed by atoms with E-state index >= 15 is 0 Å². The molecule has 0 bridgehead atoms. The molecule has 1 saturated carbocycles. The van der Waals surface area contributed by atoms with Gasteiger partial charge in [-0.2, -0.15) is 0 Å². The summed E-state index contributed by atoms with van der Waals surface area (Å²) in [5.41, 5.74) is 5.35. The largest absolute Gasteiger partial charge is 0.477 e. The van der Waals surface area contributed by atoms with Gasteiger partial charge in [-0.3, -0.25) is 4.79 Å². The Hall–Kier alpha value is -3.08. The molecule has 9 nitrogen and oxygen atoms in total. The molecule has 1 saturated heterocycles. The second kappa shape index (κ2) is 7.07. The predicted molar refractivity (Wildman–Crippen MR) is 101 cm³/mol. The lowest BCUT2D eigenvalue weighted by Crippen LogP contribution is -2.49. The Bertz CT molecular complexity index is 1090. The van der Waals surface area contributed by atoms with E-state index < -0.39 is 41.0 Å². The standard InChI is InChI=1S/C18H19F2N5O4/c1-29-23-13-2-3-24(7-12(13)21)17-11(20)4-8-15(26)9(18(27)28)6-25(16(8)22-17)14-5-10(14)19/h4,6,10,12,14H,2-3,5,7,21H2,1H3,(H,27,28)/b23-13-/t10-,12?,14+/m0/s1. The highest BCUT2D eigenvalue weighted by Gasteiger charge is 2.40. The fourth-order valence-corrected chi connectivity index (χ4v) is 3.60. The lowest BCUT2D eigenvalue weighted by atomic mass is 10.0. The maximum absolute atomic E-state index is 14.8. The number of piperidine rings is 1. The molecule has 2 aliphatic rings. The molecular formula is C18H19F2N5O4. The molecule has 4 rings (SSSR count). The monoisotopic (exact) mass is 407 g/mol. The Morgan fingerprint density at radius 1 is 1.48 bits per heavy atom. The molecule has 3 heterocycles. The molecule has 154 valence electrons. The van der Waals surface area contributed by atoms with Crippen molar-refractivity contribution in [3.8, 4) is 0 Å². The van der Waals surface area contributed by atoms with Crippen LogP contribution in [-0.2, 0) is 4.84 Å². The number of hydrogen-bond donors (Lipinski definition) is 2. The number of nitrogens with zero attached hydrogens (tertiary/aromatic N) is 4. The number of aromatic carboxylic acids is 1. The van der Waals surface area contributed by atoms with Crippen LogP contribution in [0, 0.1) is 5.82 Å². The maximum Gasteiger partial charge on any atom is 0.341 e. The summed E-state index contributed by atoms with van der Waals surface area (Å²) in [7, 11) is 1.41. The van der Waals surface area contributed by atoms with Crippen LogP contribution in [0.3, 0.4) is 0 Å². The van der Waals surface area contributed by atoms with Crippen LogP contribution in [0.25, 0.3) is 11.0 Å². The van der Waals surface area contributed by atoms with Crippen LogP contribution in [0.4, 0.5) is 14.6 Å². The first-order valence-corrected chi connectivity index (χ1v) is 9.05. The first kappa shape index (κ1) is 19.2. The lowest BCUT2D eigenvalue weighted by Gasteiger charge is -2.32. The highest BCUT2D eigenvalue weighted by Crippen LogP contribution is 2.40. The molecule has 3 N–H and O–H groups in total. The van der Waals surface area contributed by atoms with E-state index in [9.17, 15) is 23.5 Å². The molecule has 1 aliphatic carbocycles. The molecule has 11 heteroatoms. The van der Waals surface area contributed by atoms with Gasteiger partial charge in [0, 0.05) is 32.1 Å². The summed E-state index contributed by atoms with van der Waals surface area (Å²) in [5, 5.41) is 12.9. The molecule has 0 aromatic carbocycles. The summed E-state index contributed by atoms with van der Waals surface area (Å²) in [6, 6.07) is -0.162. The van der Waals surface area contributed by atoms with Crippen LogP contribution in [0.5, 0.6) is 0 Å². The maximum atomic E-state index is 14.8. The third-order valence-corrected chi connectivity index (χ3v) is 5.20. The molecule has 2 aromatic heterocycles. The Morgan fingerprint density at radius 2 is 2.21 bits per heavy atom. The van der Waals surface area contributed by atoms with Crippen LogP contribution < -0.4 is 16.1 Å². The van der Waals surface area contributed by atoms with Gasteiger partial charge in [-0.15, -0.1) is 0 Å². The summed E-state index contributed by atoms with van der Waals surface area (Å²) >= 11 is 0.